The summed E-state index contributed by atoms with van der Waals surface area (Å²) in [6.07, 6.45) is 1.23. The smallest absolute Gasteiger partial charge is 0.160 e. The van der Waals surface area contributed by atoms with Crippen molar-refractivity contribution in [2.45, 2.75) is 39.3 Å². The molecule has 4 rings (SSSR count). The summed E-state index contributed by atoms with van der Waals surface area (Å²) in [4.78, 5) is 6.03. The maximum Gasteiger partial charge on any atom is 0.160 e. The number of rotatable bonds is 4. The van der Waals surface area contributed by atoms with Gasteiger partial charge in [-0.15, -0.1) is 21.5 Å². The number of hydrogen-bond acceptors (Lipinski definition) is 5. The molecule has 0 bridgehead atoms. The molecule has 1 aliphatic rings. The van der Waals surface area contributed by atoms with E-state index in [1.165, 1.54) is 4.88 Å². The highest BCUT2D eigenvalue weighted by molar-refractivity contribution is 7.15. The third-order valence-corrected chi connectivity index (χ3v) is 5.94. The maximum atomic E-state index is 9.63. The minimum atomic E-state index is -0.319. The quantitative estimate of drug-likeness (QED) is 0.738. The molecule has 1 aliphatic heterocycles. The summed E-state index contributed by atoms with van der Waals surface area (Å²) in [5.74, 6) is 1.68. The number of halogens is 1. The molecule has 1 N–H and O–H groups in total. The molecule has 26 heavy (non-hydrogen) atoms. The van der Waals surface area contributed by atoms with Crippen LogP contribution in [-0.4, -0.2) is 31.7 Å². The molecular formula is C19H19ClN4OS. The number of aliphatic imine (C=N–C) groups is 1. The fourth-order valence-electron chi connectivity index (χ4n) is 3.13. The van der Waals surface area contributed by atoms with Gasteiger partial charge in [0.05, 0.1) is 11.8 Å². The van der Waals surface area contributed by atoms with Crippen molar-refractivity contribution < 1.29 is 5.11 Å². The zero-order valence-corrected chi connectivity index (χ0v) is 16.2. The molecule has 0 aliphatic carbocycles. The standard InChI is InChI=1S/C19H19ClN4OS/c1-11(25)7-8-13-9-15-18(14-5-3-4-6-16(14)20)21-10-17-23-22-12(2)24(17)19(15)26-13/h3-6,9,11,25H,7-8,10H2,1-2H3. The fourth-order valence-corrected chi connectivity index (χ4v) is 4.60. The fraction of sp³-hybridized carbons (Fsp3) is 0.316. The topological polar surface area (TPSA) is 63.3 Å². The first kappa shape index (κ1) is 17.4. The molecule has 0 fully saturated rings. The number of fused-ring (bicyclic) bond motifs is 3. The Hall–Kier alpha value is -2.02. The van der Waals surface area contributed by atoms with Gasteiger partial charge in [0.1, 0.15) is 17.4 Å². The Labute approximate surface area is 161 Å². The van der Waals surface area contributed by atoms with Crippen LogP contribution in [0.3, 0.4) is 0 Å². The van der Waals surface area contributed by atoms with E-state index in [4.69, 9.17) is 16.6 Å². The van der Waals surface area contributed by atoms with Crippen molar-refractivity contribution in [1.82, 2.24) is 14.8 Å². The number of nitrogens with zero attached hydrogens (tertiary/aromatic N) is 4. The van der Waals surface area contributed by atoms with Crippen molar-refractivity contribution in [2.24, 2.45) is 4.99 Å². The first-order valence-electron chi connectivity index (χ1n) is 8.56. The normalized spacial score (nSPS) is 14.4. The largest absolute Gasteiger partial charge is 0.393 e. The van der Waals surface area contributed by atoms with Crippen molar-refractivity contribution in [3.8, 4) is 5.00 Å². The van der Waals surface area contributed by atoms with Crippen molar-refractivity contribution in [3.63, 3.8) is 0 Å². The van der Waals surface area contributed by atoms with Crippen LogP contribution < -0.4 is 0 Å². The summed E-state index contributed by atoms with van der Waals surface area (Å²) in [6.45, 7) is 4.24. The van der Waals surface area contributed by atoms with E-state index in [9.17, 15) is 5.11 Å². The zero-order chi connectivity index (χ0) is 18.3. The van der Waals surface area contributed by atoms with E-state index < -0.39 is 0 Å². The SMILES string of the molecule is Cc1nnc2n1-c1sc(CCC(C)O)cc1C(c1ccccc1Cl)=NC2. The van der Waals surface area contributed by atoms with Gasteiger partial charge in [0.2, 0.25) is 0 Å². The second-order valence-electron chi connectivity index (χ2n) is 6.46. The molecule has 1 atom stereocenters. The lowest BCUT2D eigenvalue weighted by Crippen LogP contribution is -2.05. The summed E-state index contributed by atoms with van der Waals surface area (Å²) < 4.78 is 2.08. The van der Waals surface area contributed by atoms with E-state index in [1.807, 2.05) is 38.1 Å². The van der Waals surface area contributed by atoms with Gasteiger partial charge in [-0.1, -0.05) is 29.8 Å². The van der Waals surface area contributed by atoms with E-state index in [0.717, 1.165) is 46.3 Å². The van der Waals surface area contributed by atoms with Gasteiger partial charge in [-0.2, -0.15) is 0 Å². The Morgan fingerprint density at radius 2 is 2.08 bits per heavy atom. The first-order chi connectivity index (χ1) is 12.5. The van der Waals surface area contributed by atoms with Crippen molar-refractivity contribution in [2.75, 3.05) is 0 Å². The van der Waals surface area contributed by atoms with E-state index in [1.54, 1.807) is 11.3 Å². The molecule has 1 aromatic carbocycles. The van der Waals surface area contributed by atoms with Gasteiger partial charge in [-0.3, -0.25) is 9.56 Å². The number of aliphatic hydroxyl groups excluding tert-OH is 1. The Morgan fingerprint density at radius 1 is 1.27 bits per heavy atom. The molecular weight excluding hydrogens is 368 g/mol. The van der Waals surface area contributed by atoms with Gasteiger partial charge >= 0.3 is 0 Å². The van der Waals surface area contributed by atoms with Crippen LogP contribution in [0.25, 0.3) is 5.00 Å². The highest BCUT2D eigenvalue weighted by Gasteiger charge is 2.25. The van der Waals surface area contributed by atoms with Crippen molar-refractivity contribution in [1.29, 1.82) is 0 Å². The van der Waals surface area contributed by atoms with Crippen LogP contribution in [0.15, 0.2) is 35.3 Å². The van der Waals surface area contributed by atoms with Gasteiger partial charge in [-0.25, -0.2) is 0 Å². The average Bonchev–Trinajstić information content (AvgIpc) is 3.14. The highest BCUT2D eigenvalue weighted by atomic mass is 35.5. The molecule has 0 saturated carbocycles. The zero-order valence-electron chi connectivity index (χ0n) is 14.6. The van der Waals surface area contributed by atoms with Crippen LogP contribution >= 0.6 is 22.9 Å². The van der Waals surface area contributed by atoms with E-state index in [-0.39, 0.29) is 6.10 Å². The van der Waals surface area contributed by atoms with Gasteiger partial charge in [0.15, 0.2) is 5.82 Å². The lowest BCUT2D eigenvalue weighted by atomic mass is 10.0. The molecule has 2 aromatic heterocycles. The third kappa shape index (κ3) is 3.09. The van der Waals surface area contributed by atoms with Gasteiger partial charge in [0.25, 0.3) is 0 Å². The summed E-state index contributed by atoms with van der Waals surface area (Å²) in [6, 6.07) is 9.94. The van der Waals surface area contributed by atoms with Crippen LogP contribution in [0.4, 0.5) is 0 Å². The lowest BCUT2D eigenvalue weighted by Gasteiger charge is -2.08. The number of aryl methyl sites for hydroxylation is 2. The number of benzene rings is 1. The predicted molar refractivity (Wildman–Crippen MR) is 105 cm³/mol. The Bertz CT molecular complexity index is 989. The van der Waals surface area contributed by atoms with Crippen LogP contribution in [0.5, 0.6) is 0 Å². The van der Waals surface area contributed by atoms with Crippen molar-refractivity contribution >= 4 is 28.6 Å². The van der Waals surface area contributed by atoms with Crippen LogP contribution in [0, 0.1) is 6.92 Å². The average molecular weight is 387 g/mol. The number of thiophene rings is 1. The first-order valence-corrected chi connectivity index (χ1v) is 9.76. The molecule has 0 radical (unpaired) electrons. The number of aromatic nitrogens is 3. The molecule has 0 amide bonds. The van der Waals surface area contributed by atoms with Crippen LogP contribution in [0.2, 0.25) is 5.02 Å². The Kier molecular flexibility index (Phi) is 4.65. The molecule has 3 heterocycles. The minimum absolute atomic E-state index is 0.319. The van der Waals surface area contributed by atoms with Gasteiger partial charge < -0.3 is 5.11 Å². The molecule has 134 valence electrons. The van der Waals surface area contributed by atoms with E-state index >= 15 is 0 Å². The minimum Gasteiger partial charge on any atom is -0.393 e. The van der Waals surface area contributed by atoms with Gasteiger partial charge in [-0.05, 0) is 38.8 Å². The summed E-state index contributed by atoms with van der Waals surface area (Å²) in [5, 5.41) is 19.9. The summed E-state index contributed by atoms with van der Waals surface area (Å²) >= 11 is 8.16. The predicted octanol–water partition coefficient (Wildman–Crippen LogP) is 3.96. The van der Waals surface area contributed by atoms with E-state index in [0.29, 0.717) is 11.6 Å². The van der Waals surface area contributed by atoms with Crippen LogP contribution in [0.1, 0.15) is 41.0 Å². The van der Waals surface area contributed by atoms with Crippen molar-refractivity contribution in [3.05, 3.63) is 63.0 Å². The molecule has 0 saturated heterocycles. The molecule has 7 heteroatoms. The maximum absolute atomic E-state index is 9.63. The highest BCUT2D eigenvalue weighted by Crippen LogP contribution is 2.34. The number of aliphatic hydroxyl groups is 1. The Balaban J connectivity index is 1.87. The number of hydrogen-bond donors (Lipinski definition) is 1. The summed E-state index contributed by atoms with van der Waals surface area (Å²) in [7, 11) is 0. The van der Waals surface area contributed by atoms with Gasteiger partial charge in [0, 0.05) is 21.0 Å². The molecule has 0 spiro atoms. The summed E-state index contributed by atoms with van der Waals surface area (Å²) in [5.41, 5.74) is 2.85. The van der Waals surface area contributed by atoms with E-state index in [2.05, 4.69) is 20.8 Å². The lowest BCUT2D eigenvalue weighted by molar-refractivity contribution is 0.185. The third-order valence-electron chi connectivity index (χ3n) is 4.43. The molecule has 5 nitrogen and oxygen atoms in total. The second-order valence-corrected chi connectivity index (χ2v) is 7.99. The Morgan fingerprint density at radius 3 is 2.85 bits per heavy atom. The second kappa shape index (κ2) is 6.95. The monoisotopic (exact) mass is 386 g/mol. The molecule has 1 unspecified atom stereocenters. The molecule has 3 aromatic rings. The van der Waals surface area contributed by atoms with Crippen LogP contribution in [-0.2, 0) is 13.0 Å².